The summed E-state index contributed by atoms with van der Waals surface area (Å²) in [5, 5.41) is 4.95. The van der Waals surface area contributed by atoms with Crippen molar-refractivity contribution in [2.75, 3.05) is 0 Å². The first kappa shape index (κ1) is 12.5. The molecule has 0 saturated carbocycles. The zero-order valence-corrected chi connectivity index (χ0v) is 13.1. The van der Waals surface area contributed by atoms with E-state index in [9.17, 15) is 4.79 Å². The minimum atomic E-state index is 0.0642. The Morgan fingerprint density at radius 1 is 1.40 bits per heavy atom. The van der Waals surface area contributed by atoms with Crippen molar-refractivity contribution in [2.45, 2.75) is 25.8 Å². The SMILES string of the molecule is O=c1c2c3c(sc2[nH]c(=S)n1Cc1ccsc1)CCC3. The molecule has 3 heterocycles. The summed E-state index contributed by atoms with van der Waals surface area (Å²) in [6.45, 7) is 0.554. The maximum atomic E-state index is 12.8. The highest BCUT2D eigenvalue weighted by Gasteiger charge is 2.21. The molecule has 3 aromatic heterocycles. The van der Waals surface area contributed by atoms with E-state index >= 15 is 0 Å². The topological polar surface area (TPSA) is 37.8 Å². The lowest BCUT2D eigenvalue weighted by Gasteiger charge is -2.05. The van der Waals surface area contributed by atoms with Gasteiger partial charge in [0.25, 0.3) is 5.56 Å². The second-order valence-corrected chi connectivity index (χ2v) is 7.29. The first-order chi connectivity index (χ1) is 9.74. The summed E-state index contributed by atoms with van der Waals surface area (Å²) in [5.41, 5.74) is 2.44. The number of nitrogens with one attached hydrogen (secondary N) is 1. The lowest BCUT2D eigenvalue weighted by molar-refractivity contribution is 0.736. The molecule has 4 rings (SSSR count). The largest absolute Gasteiger partial charge is 0.323 e. The summed E-state index contributed by atoms with van der Waals surface area (Å²) in [6, 6.07) is 2.04. The molecule has 0 spiro atoms. The molecule has 3 aromatic rings. The number of nitrogens with zero attached hydrogens (tertiary/aromatic N) is 1. The predicted octanol–water partition coefficient (Wildman–Crippen LogP) is 3.72. The Kier molecular flexibility index (Phi) is 2.90. The summed E-state index contributed by atoms with van der Waals surface area (Å²) in [5.74, 6) is 0. The van der Waals surface area contributed by atoms with Crippen LogP contribution < -0.4 is 5.56 Å². The molecule has 1 aliphatic carbocycles. The summed E-state index contributed by atoms with van der Waals surface area (Å²) < 4.78 is 2.21. The van der Waals surface area contributed by atoms with Crippen molar-refractivity contribution in [3.8, 4) is 0 Å². The Bertz CT molecular complexity index is 899. The van der Waals surface area contributed by atoms with Crippen LogP contribution in [0.1, 0.15) is 22.4 Å². The molecule has 6 heteroatoms. The van der Waals surface area contributed by atoms with Gasteiger partial charge in [-0.1, -0.05) is 0 Å². The number of aryl methyl sites for hydroxylation is 2. The van der Waals surface area contributed by atoms with Crippen molar-refractivity contribution in [2.24, 2.45) is 0 Å². The minimum absolute atomic E-state index is 0.0642. The highest BCUT2D eigenvalue weighted by Crippen LogP contribution is 2.34. The third kappa shape index (κ3) is 1.82. The van der Waals surface area contributed by atoms with Crippen LogP contribution in [0.5, 0.6) is 0 Å². The number of fused-ring (bicyclic) bond motifs is 3. The molecule has 0 aromatic carbocycles. The molecule has 102 valence electrons. The van der Waals surface area contributed by atoms with E-state index in [1.54, 1.807) is 27.2 Å². The zero-order chi connectivity index (χ0) is 13.7. The standard InChI is InChI=1S/C14H12N2OS3/c17-13-11-9-2-1-3-10(9)20-12(11)15-14(18)16(13)6-8-4-5-19-7-8/h4-5,7H,1-3,6H2,(H,15,18). The van der Waals surface area contributed by atoms with E-state index in [2.05, 4.69) is 10.4 Å². The maximum Gasteiger partial charge on any atom is 0.263 e. The molecule has 0 saturated heterocycles. The van der Waals surface area contributed by atoms with E-state index < -0.39 is 0 Å². The van der Waals surface area contributed by atoms with Crippen LogP contribution in [-0.4, -0.2) is 9.55 Å². The molecule has 0 radical (unpaired) electrons. The lowest BCUT2D eigenvalue weighted by Crippen LogP contribution is -2.22. The first-order valence-corrected chi connectivity index (χ1v) is 8.69. The average molecular weight is 320 g/mol. The molecule has 1 N–H and O–H groups in total. The summed E-state index contributed by atoms with van der Waals surface area (Å²) in [6.07, 6.45) is 3.28. The van der Waals surface area contributed by atoms with Crippen molar-refractivity contribution in [1.82, 2.24) is 9.55 Å². The number of hydrogen-bond acceptors (Lipinski definition) is 4. The summed E-state index contributed by atoms with van der Waals surface area (Å²) >= 11 is 8.70. The molecular formula is C14H12N2OS3. The highest BCUT2D eigenvalue weighted by molar-refractivity contribution is 7.71. The van der Waals surface area contributed by atoms with Gasteiger partial charge in [0.05, 0.1) is 11.9 Å². The quantitative estimate of drug-likeness (QED) is 0.731. The van der Waals surface area contributed by atoms with Gasteiger partial charge in [-0.3, -0.25) is 9.36 Å². The Labute approximate surface area is 128 Å². The van der Waals surface area contributed by atoms with Crippen molar-refractivity contribution < 1.29 is 0 Å². The second kappa shape index (κ2) is 4.65. The second-order valence-electron chi connectivity index (χ2n) is 5.01. The fraction of sp³-hybridized carbons (Fsp3) is 0.286. The van der Waals surface area contributed by atoms with Crippen LogP contribution >= 0.6 is 34.9 Å². The molecule has 0 bridgehead atoms. The van der Waals surface area contributed by atoms with E-state index in [1.807, 2.05) is 11.4 Å². The van der Waals surface area contributed by atoms with Crippen molar-refractivity contribution in [1.29, 1.82) is 0 Å². The van der Waals surface area contributed by atoms with Crippen LogP contribution in [0.25, 0.3) is 10.2 Å². The molecule has 0 unspecified atom stereocenters. The van der Waals surface area contributed by atoms with Crippen LogP contribution in [0.15, 0.2) is 21.6 Å². The van der Waals surface area contributed by atoms with Gasteiger partial charge in [-0.05, 0) is 59.4 Å². The fourth-order valence-corrected chi connectivity index (χ4v) is 5.07. The molecule has 20 heavy (non-hydrogen) atoms. The van der Waals surface area contributed by atoms with E-state index in [1.165, 1.54) is 10.4 Å². The Balaban J connectivity index is 1.97. The van der Waals surface area contributed by atoms with Crippen LogP contribution in [-0.2, 0) is 19.4 Å². The third-order valence-corrected chi connectivity index (χ3v) is 6.03. The van der Waals surface area contributed by atoms with Gasteiger partial charge in [0, 0.05) is 4.88 Å². The smallest absolute Gasteiger partial charge is 0.263 e. The first-order valence-electron chi connectivity index (χ1n) is 6.52. The molecule has 0 fully saturated rings. The van der Waals surface area contributed by atoms with E-state index in [0.29, 0.717) is 11.3 Å². The van der Waals surface area contributed by atoms with Crippen molar-refractivity contribution >= 4 is 45.1 Å². The van der Waals surface area contributed by atoms with Crippen molar-refractivity contribution in [3.63, 3.8) is 0 Å². The lowest BCUT2D eigenvalue weighted by atomic mass is 10.2. The number of aromatic nitrogens is 2. The normalized spacial score (nSPS) is 14.0. The highest BCUT2D eigenvalue weighted by atomic mass is 32.1. The molecule has 0 amide bonds. The van der Waals surface area contributed by atoms with Gasteiger partial charge in [-0.2, -0.15) is 11.3 Å². The van der Waals surface area contributed by atoms with E-state index in [0.717, 1.165) is 35.0 Å². The Morgan fingerprint density at radius 2 is 2.30 bits per heavy atom. The Morgan fingerprint density at radius 3 is 3.10 bits per heavy atom. The molecule has 0 aliphatic heterocycles. The zero-order valence-electron chi connectivity index (χ0n) is 10.6. The number of rotatable bonds is 2. The van der Waals surface area contributed by atoms with Crippen LogP contribution in [0.2, 0.25) is 0 Å². The van der Waals surface area contributed by atoms with Gasteiger partial charge in [0.1, 0.15) is 4.83 Å². The third-order valence-electron chi connectivity index (χ3n) is 3.77. The monoisotopic (exact) mass is 320 g/mol. The van der Waals surface area contributed by atoms with Crippen LogP contribution in [0.4, 0.5) is 0 Å². The van der Waals surface area contributed by atoms with Gasteiger partial charge in [-0.25, -0.2) is 0 Å². The van der Waals surface area contributed by atoms with Crippen LogP contribution in [0, 0.1) is 4.77 Å². The predicted molar refractivity (Wildman–Crippen MR) is 86.7 cm³/mol. The Hall–Kier alpha value is -1.24. The minimum Gasteiger partial charge on any atom is -0.323 e. The number of aromatic amines is 1. The fourth-order valence-electron chi connectivity index (χ4n) is 2.82. The van der Waals surface area contributed by atoms with Crippen molar-refractivity contribution in [3.05, 3.63) is 48.0 Å². The van der Waals surface area contributed by atoms with Gasteiger partial charge < -0.3 is 4.98 Å². The number of H-pyrrole nitrogens is 1. The van der Waals surface area contributed by atoms with E-state index in [-0.39, 0.29) is 5.56 Å². The van der Waals surface area contributed by atoms with Gasteiger partial charge in [0.2, 0.25) is 0 Å². The number of thiophene rings is 2. The summed E-state index contributed by atoms with van der Waals surface area (Å²) in [7, 11) is 0. The number of hydrogen-bond donors (Lipinski definition) is 1. The molecule has 3 nitrogen and oxygen atoms in total. The van der Waals surface area contributed by atoms with E-state index in [4.69, 9.17) is 12.2 Å². The van der Waals surface area contributed by atoms with Gasteiger partial charge in [0.15, 0.2) is 4.77 Å². The van der Waals surface area contributed by atoms with Gasteiger partial charge in [-0.15, -0.1) is 11.3 Å². The molecule has 1 aliphatic rings. The van der Waals surface area contributed by atoms with Gasteiger partial charge >= 0.3 is 0 Å². The molecule has 0 atom stereocenters. The molecular weight excluding hydrogens is 308 g/mol. The average Bonchev–Trinajstić information content (AvgIpc) is 3.09. The maximum absolute atomic E-state index is 12.8. The summed E-state index contributed by atoms with van der Waals surface area (Å²) in [4.78, 5) is 18.3. The van der Waals surface area contributed by atoms with Crippen LogP contribution in [0.3, 0.4) is 0 Å².